The summed E-state index contributed by atoms with van der Waals surface area (Å²) >= 11 is 3.39. The second-order valence-electron chi connectivity index (χ2n) is 6.34. The van der Waals surface area contributed by atoms with Crippen LogP contribution in [-0.4, -0.2) is 38.2 Å². The van der Waals surface area contributed by atoms with E-state index in [-0.39, 0.29) is 28.9 Å². The van der Waals surface area contributed by atoms with Gasteiger partial charge in [0, 0.05) is 16.6 Å². The molecule has 8 nitrogen and oxygen atoms in total. The minimum atomic E-state index is -0.664. The van der Waals surface area contributed by atoms with Crippen LogP contribution in [0, 0.1) is 10.1 Å². The van der Waals surface area contributed by atoms with Crippen LogP contribution in [-0.2, 0) is 6.42 Å². The third kappa shape index (κ3) is 5.38. The maximum Gasteiger partial charge on any atom is 0.327 e. The Balaban J connectivity index is 2.24. The van der Waals surface area contributed by atoms with Crippen molar-refractivity contribution in [3.63, 3.8) is 0 Å². The van der Waals surface area contributed by atoms with Gasteiger partial charge in [0.05, 0.1) is 26.3 Å². The van der Waals surface area contributed by atoms with Gasteiger partial charge in [-0.15, -0.1) is 0 Å². The molecule has 156 valence electrons. The van der Waals surface area contributed by atoms with E-state index in [2.05, 4.69) is 21.2 Å². The molecule has 0 bridgehead atoms. The number of carbonyl (C=O) groups excluding carboxylic acids is 1. The molecular formula is C20H23BrN2O6. The third-order valence-corrected chi connectivity index (χ3v) is 4.92. The van der Waals surface area contributed by atoms with Gasteiger partial charge in [0.2, 0.25) is 11.5 Å². The van der Waals surface area contributed by atoms with Crippen LogP contribution in [0.25, 0.3) is 0 Å². The van der Waals surface area contributed by atoms with E-state index in [1.807, 2.05) is 31.2 Å². The lowest BCUT2D eigenvalue weighted by atomic mass is 10.1. The van der Waals surface area contributed by atoms with E-state index in [1.165, 1.54) is 27.4 Å². The number of carbonyl (C=O) groups is 1. The van der Waals surface area contributed by atoms with Crippen molar-refractivity contribution in [1.82, 2.24) is 5.32 Å². The normalized spacial score (nSPS) is 11.5. The number of nitro groups is 1. The van der Waals surface area contributed by atoms with Gasteiger partial charge < -0.3 is 19.5 Å². The average Bonchev–Trinajstić information content (AvgIpc) is 2.71. The zero-order chi connectivity index (χ0) is 21.6. The van der Waals surface area contributed by atoms with Crippen molar-refractivity contribution in [3.05, 3.63) is 56.0 Å². The number of nitrogens with one attached hydrogen (secondary N) is 1. The van der Waals surface area contributed by atoms with Crippen molar-refractivity contribution in [1.29, 1.82) is 0 Å². The molecule has 9 heteroatoms. The molecule has 0 fully saturated rings. The fraction of sp³-hybridized carbons (Fsp3) is 0.350. The summed E-state index contributed by atoms with van der Waals surface area (Å²) in [5.41, 5.74) is 0.510. The van der Waals surface area contributed by atoms with Gasteiger partial charge in [-0.2, -0.15) is 0 Å². The van der Waals surface area contributed by atoms with Crippen molar-refractivity contribution < 1.29 is 23.9 Å². The zero-order valence-corrected chi connectivity index (χ0v) is 18.2. The fourth-order valence-corrected chi connectivity index (χ4v) is 3.17. The molecule has 1 N–H and O–H groups in total. The number of amides is 1. The minimum Gasteiger partial charge on any atom is -0.493 e. The molecular weight excluding hydrogens is 444 g/mol. The zero-order valence-electron chi connectivity index (χ0n) is 16.7. The summed E-state index contributed by atoms with van der Waals surface area (Å²) in [6.45, 7) is 1.85. The monoisotopic (exact) mass is 466 g/mol. The number of ether oxygens (including phenoxy) is 3. The first-order valence-corrected chi connectivity index (χ1v) is 9.64. The van der Waals surface area contributed by atoms with Gasteiger partial charge in [0.15, 0.2) is 5.75 Å². The van der Waals surface area contributed by atoms with Crippen molar-refractivity contribution in [2.24, 2.45) is 0 Å². The number of hydrogen-bond acceptors (Lipinski definition) is 6. The van der Waals surface area contributed by atoms with Crippen molar-refractivity contribution >= 4 is 27.5 Å². The van der Waals surface area contributed by atoms with Gasteiger partial charge in [-0.25, -0.2) is 0 Å². The van der Waals surface area contributed by atoms with Crippen LogP contribution in [0.3, 0.4) is 0 Å². The second-order valence-corrected chi connectivity index (χ2v) is 7.25. The fourth-order valence-electron chi connectivity index (χ4n) is 2.90. The van der Waals surface area contributed by atoms with E-state index in [4.69, 9.17) is 14.2 Å². The van der Waals surface area contributed by atoms with E-state index in [1.54, 1.807) is 0 Å². The van der Waals surface area contributed by atoms with Crippen molar-refractivity contribution in [2.45, 2.75) is 25.8 Å². The standard InChI is InChI=1S/C20H23BrN2O6/c1-12(5-6-13-7-9-14(21)10-8-13)22-20(24)15-11-16(27-2)18(28-3)19(29-4)17(15)23(25)26/h7-12H,5-6H2,1-4H3,(H,22,24). The molecule has 0 heterocycles. The molecule has 2 rings (SSSR count). The molecule has 2 aromatic rings. The molecule has 0 aliphatic carbocycles. The Morgan fingerprint density at radius 2 is 1.76 bits per heavy atom. The lowest BCUT2D eigenvalue weighted by Gasteiger charge is -2.17. The van der Waals surface area contributed by atoms with E-state index in [0.717, 1.165) is 16.5 Å². The lowest BCUT2D eigenvalue weighted by molar-refractivity contribution is -0.386. The molecule has 0 saturated carbocycles. The van der Waals surface area contributed by atoms with Crippen LogP contribution < -0.4 is 19.5 Å². The predicted octanol–water partition coefficient (Wildman–Crippen LogP) is 4.13. The van der Waals surface area contributed by atoms with Gasteiger partial charge in [-0.05, 0) is 37.5 Å². The topological polar surface area (TPSA) is 99.9 Å². The molecule has 29 heavy (non-hydrogen) atoms. The Labute approximate surface area is 177 Å². The molecule has 1 amide bonds. The molecule has 1 unspecified atom stereocenters. The van der Waals surface area contributed by atoms with Crippen molar-refractivity contribution in [2.75, 3.05) is 21.3 Å². The van der Waals surface area contributed by atoms with E-state index >= 15 is 0 Å². The number of hydrogen-bond donors (Lipinski definition) is 1. The molecule has 0 spiro atoms. The Morgan fingerprint density at radius 1 is 1.14 bits per heavy atom. The lowest BCUT2D eigenvalue weighted by Crippen LogP contribution is -2.33. The molecule has 0 aromatic heterocycles. The van der Waals surface area contributed by atoms with E-state index in [9.17, 15) is 14.9 Å². The van der Waals surface area contributed by atoms with Crippen LogP contribution in [0.5, 0.6) is 17.2 Å². The Bertz CT molecular complexity index is 886. The highest BCUT2D eigenvalue weighted by Crippen LogP contribution is 2.46. The Morgan fingerprint density at radius 3 is 2.28 bits per heavy atom. The summed E-state index contributed by atoms with van der Waals surface area (Å²) in [6.07, 6.45) is 1.43. The average molecular weight is 467 g/mol. The summed E-state index contributed by atoms with van der Waals surface area (Å²) in [5.74, 6) is -0.520. The molecule has 0 radical (unpaired) electrons. The molecule has 2 aromatic carbocycles. The number of benzene rings is 2. The highest BCUT2D eigenvalue weighted by Gasteiger charge is 2.32. The molecule has 0 saturated heterocycles. The van der Waals surface area contributed by atoms with Gasteiger partial charge in [0.25, 0.3) is 5.91 Å². The number of methoxy groups -OCH3 is 3. The summed E-state index contributed by atoms with van der Waals surface area (Å²) < 4.78 is 16.5. The number of rotatable bonds is 9. The van der Waals surface area contributed by atoms with Crippen molar-refractivity contribution in [3.8, 4) is 17.2 Å². The predicted molar refractivity (Wildman–Crippen MR) is 112 cm³/mol. The second kappa shape index (κ2) is 10.1. The maximum atomic E-state index is 12.8. The first-order chi connectivity index (χ1) is 13.8. The number of nitro benzene ring substituents is 1. The van der Waals surface area contributed by atoms with Gasteiger partial charge >= 0.3 is 5.69 Å². The Hall–Kier alpha value is -2.81. The van der Waals surface area contributed by atoms with Crippen LogP contribution >= 0.6 is 15.9 Å². The summed E-state index contributed by atoms with van der Waals surface area (Å²) in [4.78, 5) is 23.8. The molecule has 1 atom stereocenters. The van der Waals surface area contributed by atoms with Gasteiger partial charge in [0.1, 0.15) is 5.56 Å². The maximum absolute atomic E-state index is 12.8. The van der Waals surface area contributed by atoms with E-state index < -0.39 is 16.5 Å². The number of aryl methyl sites for hydroxylation is 1. The first-order valence-electron chi connectivity index (χ1n) is 8.85. The number of halogens is 1. The Kier molecular flexibility index (Phi) is 7.83. The van der Waals surface area contributed by atoms with Gasteiger partial charge in [-0.3, -0.25) is 14.9 Å². The van der Waals surface area contributed by atoms with Crippen LogP contribution in [0.1, 0.15) is 29.3 Å². The van der Waals surface area contributed by atoms with Crippen LogP contribution in [0.2, 0.25) is 0 Å². The third-order valence-electron chi connectivity index (χ3n) is 4.39. The van der Waals surface area contributed by atoms with Crippen LogP contribution in [0.15, 0.2) is 34.8 Å². The SMILES string of the molecule is COc1cc(C(=O)NC(C)CCc2ccc(Br)cc2)c([N+](=O)[O-])c(OC)c1OC. The summed E-state index contributed by atoms with van der Waals surface area (Å²) in [7, 11) is 3.99. The number of nitrogens with zero attached hydrogens (tertiary/aromatic N) is 1. The van der Waals surface area contributed by atoms with E-state index in [0.29, 0.717) is 6.42 Å². The highest BCUT2D eigenvalue weighted by molar-refractivity contribution is 9.10. The quantitative estimate of drug-likeness (QED) is 0.440. The smallest absolute Gasteiger partial charge is 0.327 e. The summed E-state index contributed by atoms with van der Waals surface area (Å²) in [5, 5.41) is 14.5. The minimum absolute atomic E-state index is 0.0570. The largest absolute Gasteiger partial charge is 0.493 e. The van der Waals surface area contributed by atoms with Gasteiger partial charge in [-0.1, -0.05) is 28.1 Å². The molecule has 0 aliphatic rings. The highest BCUT2D eigenvalue weighted by atomic mass is 79.9. The molecule has 0 aliphatic heterocycles. The summed E-state index contributed by atoms with van der Waals surface area (Å²) in [6, 6.07) is 9.00. The van der Waals surface area contributed by atoms with Crippen LogP contribution in [0.4, 0.5) is 5.69 Å². The first kappa shape index (κ1) is 22.5.